The third-order valence-corrected chi connectivity index (χ3v) is 4.58. The lowest BCUT2D eigenvalue weighted by atomic mass is 9.98. The Hall–Kier alpha value is -1.19. The molecule has 0 radical (unpaired) electrons. The number of rotatable bonds is 5. The van der Waals surface area contributed by atoms with Crippen molar-refractivity contribution < 1.29 is 5.11 Å². The number of aromatic nitrogens is 1. The van der Waals surface area contributed by atoms with Gasteiger partial charge in [0.1, 0.15) is 0 Å². The zero-order valence-corrected chi connectivity index (χ0v) is 13.3. The van der Waals surface area contributed by atoms with Crippen molar-refractivity contribution in [1.82, 2.24) is 4.98 Å². The van der Waals surface area contributed by atoms with E-state index in [0.29, 0.717) is 0 Å². The van der Waals surface area contributed by atoms with Gasteiger partial charge in [-0.25, -0.2) is 4.98 Å². The van der Waals surface area contributed by atoms with Crippen molar-refractivity contribution in [3.05, 3.63) is 52.0 Å². The minimum absolute atomic E-state index is 0.0622. The second-order valence-corrected chi connectivity index (χ2v) is 7.08. The van der Waals surface area contributed by atoms with Crippen LogP contribution in [0.4, 0.5) is 0 Å². The van der Waals surface area contributed by atoms with E-state index in [-0.39, 0.29) is 5.41 Å². The summed E-state index contributed by atoms with van der Waals surface area (Å²) in [5.74, 6) is 0. The van der Waals surface area contributed by atoms with Gasteiger partial charge in [-0.15, -0.1) is 11.3 Å². The van der Waals surface area contributed by atoms with Crippen LogP contribution in [0.15, 0.2) is 35.7 Å². The summed E-state index contributed by atoms with van der Waals surface area (Å²) in [5.41, 5.74) is 2.22. The Morgan fingerprint density at radius 2 is 1.90 bits per heavy atom. The molecular formula is C17H23NOS. The molecule has 2 nitrogen and oxygen atoms in total. The summed E-state index contributed by atoms with van der Waals surface area (Å²) in [7, 11) is 0. The van der Waals surface area contributed by atoms with Gasteiger partial charge in [0.2, 0.25) is 0 Å². The lowest BCUT2D eigenvalue weighted by Crippen LogP contribution is -2.11. The monoisotopic (exact) mass is 289 g/mol. The summed E-state index contributed by atoms with van der Waals surface area (Å²) in [5, 5.41) is 13.3. The van der Waals surface area contributed by atoms with E-state index in [9.17, 15) is 5.11 Å². The molecule has 0 bridgehead atoms. The van der Waals surface area contributed by atoms with Crippen LogP contribution >= 0.6 is 11.3 Å². The van der Waals surface area contributed by atoms with E-state index in [1.165, 1.54) is 5.56 Å². The third-order valence-electron chi connectivity index (χ3n) is 3.29. The largest absolute Gasteiger partial charge is 0.387 e. The van der Waals surface area contributed by atoms with Crippen LogP contribution in [0.3, 0.4) is 0 Å². The van der Waals surface area contributed by atoms with Crippen molar-refractivity contribution in [1.29, 1.82) is 0 Å². The van der Waals surface area contributed by atoms with Crippen molar-refractivity contribution in [3.63, 3.8) is 0 Å². The molecule has 2 aromatic rings. The standard InChI is InChI=1S/C17H23NOS/c1-17(2,3)16-18-14(12-20-16)15(19)11-7-10-13-8-5-4-6-9-13/h4-6,8-9,12,15,19H,7,10-11H2,1-3H3. The molecule has 1 heterocycles. The topological polar surface area (TPSA) is 33.1 Å². The summed E-state index contributed by atoms with van der Waals surface area (Å²) < 4.78 is 0. The van der Waals surface area contributed by atoms with Crippen LogP contribution < -0.4 is 0 Å². The maximum Gasteiger partial charge on any atom is 0.0983 e. The summed E-state index contributed by atoms with van der Waals surface area (Å²) in [6.45, 7) is 6.45. The molecule has 0 aliphatic rings. The first-order valence-corrected chi connectivity index (χ1v) is 8.02. The average Bonchev–Trinajstić information content (AvgIpc) is 2.89. The van der Waals surface area contributed by atoms with Crippen molar-refractivity contribution >= 4 is 11.3 Å². The zero-order chi connectivity index (χ0) is 14.6. The maximum atomic E-state index is 10.2. The first-order valence-electron chi connectivity index (χ1n) is 7.15. The molecule has 1 atom stereocenters. The zero-order valence-electron chi connectivity index (χ0n) is 12.5. The molecule has 0 spiro atoms. The highest BCUT2D eigenvalue weighted by Gasteiger charge is 2.20. The van der Waals surface area contributed by atoms with Gasteiger partial charge in [-0.05, 0) is 24.8 Å². The van der Waals surface area contributed by atoms with Gasteiger partial charge >= 0.3 is 0 Å². The first kappa shape index (κ1) is 15.2. The van der Waals surface area contributed by atoms with Gasteiger partial charge in [-0.3, -0.25) is 0 Å². The Morgan fingerprint density at radius 3 is 2.50 bits per heavy atom. The van der Waals surface area contributed by atoms with Crippen molar-refractivity contribution in [3.8, 4) is 0 Å². The molecule has 0 saturated heterocycles. The molecule has 1 aromatic heterocycles. The molecule has 0 fully saturated rings. The maximum absolute atomic E-state index is 10.2. The van der Waals surface area contributed by atoms with E-state index in [1.807, 2.05) is 11.4 Å². The van der Waals surface area contributed by atoms with Gasteiger partial charge in [-0.2, -0.15) is 0 Å². The van der Waals surface area contributed by atoms with Crippen LogP contribution in [0.5, 0.6) is 0 Å². The Morgan fingerprint density at radius 1 is 1.20 bits per heavy atom. The smallest absolute Gasteiger partial charge is 0.0983 e. The minimum Gasteiger partial charge on any atom is -0.387 e. The van der Waals surface area contributed by atoms with Crippen molar-refractivity contribution in [2.24, 2.45) is 0 Å². The highest BCUT2D eigenvalue weighted by Crippen LogP contribution is 2.29. The molecule has 108 valence electrons. The normalized spacial score (nSPS) is 13.4. The molecule has 2 rings (SSSR count). The summed E-state index contributed by atoms with van der Waals surface area (Å²) in [6.07, 6.45) is 2.32. The molecule has 1 aromatic carbocycles. The van der Waals surface area contributed by atoms with Crippen molar-refractivity contribution in [2.45, 2.75) is 51.6 Å². The lowest BCUT2D eigenvalue weighted by Gasteiger charge is -2.14. The fraction of sp³-hybridized carbons (Fsp3) is 0.471. The van der Waals surface area contributed by atoms with Gasteiger partial charge in [0, 0.05) is 10.8 Å². The number of thiazole rings is 1. The molecule has 1 unspecified atom stereocenters. The molecule has 20 heavy (non-hydrogen) atoms. The highest BCUT2D eigenvalue weighted by atomic mass is 32.1. The molecular weight excluding hydrogens is 266 g/mol. The molecule has 0 saturated carbocycles. The van der Waals surface area contributed by atoms with E-state index in [2.05, 4.69) is 50.0 Å². The Bertz CT molecular complexity index is 527. The Balaban J connectivity index is 1.86. The van der Waals surface area contributed by atoms with Gasteiger partial charge in [-0.1, -0.05) is 51.1 Å². The van der Waals surface area contributed by atoms with Gasteiger partial charge in [0.05, 0.1) is 16.8 Å². The lowest BCUT2D eigenvalue weighted by molar-refractivity contribution is 0.160. The Labute approximate surface area is 125 Å². The second-order valence-electron chi connectivity index (χ2n) is 6.22. The van der Waals surface area contributed by atoms with Crippen LogP contribution in [0.2, 0.25) is 0 Å². The second kappa shape index (κ2) is 6.51. The van der Waals surface area contributed by atoms with Crippen molar-refractivity contribution in [2.75, 3.05) is 0 Å². The van der Waals surface area contributed by atoms with Gasteiger partial charge < -0.3 is 5.11 Å². The van der Waals surface area contributed by atoms with E-state index in [4.69, 9.17) is 0 Å². The SMILES string of the molecule is CC(C)(C)c1nc(C(O)CCCc2ccccc2)cs1. The molecule has 3 heteroatoms. The van der Waals surface area contributed by atoms with Crippen LogP contribution in [0.1, 0.15) is 56.0 Å². The number of nitrogens with zero attached hydrogens (tertiary/aromatic N) is 1. The number of hydrogen-bond acceptors (Lipinski definition) is 3. The van der Waals surface area contributed by atoms with Crippen LogP contribution in [-0.4, -0.2) is 10.1 Å². The first-order chi connectivity index (χ1) is 9.47. The van der Waals surface area contributed by atoms with Gasteiger partial charge in [0.25, 0.3) is 0 Å². The molecule has 0 amide bonds. The van der Waals surface area contributed by atoms with Crippen LogP contribution in [0, 0.1) is 0 Å². The average molecular weight is 289 g/mol. The number of benzene rings is 1. The molecule has 1 N–H and O–H groups in total. The summed E-state index contributed by atoms with van der Waals surface area (Å²) in [6, 6.07) is 10.4. The van der Waals surface area contributed by atoms with E-state index >= 15 is 0 Å². The predicted molar refractivity (Wildman–Crippen MR) is 85.2 cm³/mol. The highest BCUT2D eigenvalue weighted by molar-refractivity contribution is 7.09. The molecule has 0 aliphatic carbocycles. The van der Waals surface area contributed by atoms with Crippen LogP contribution in [0.25, 0.3) is 0 Å². The summed E-state index contributed by atoms with van der Waals surface area (Å²) in [4.78, 5) is 4.58. The summed E-state index contributed by atoms with van der Waals surface area (Å²) >= 11 is 1.64. The van der Waals surface area contributed by atoms with Gasteiger partial charge in [0.15, 0.2) is 0 Å². The predicted octanol–water partition coefficient (Wildman–Crippen LogP) is 4.50. The third kappa shape index (κ3) is 4.15. The Kier molecular flexibility index (Phi) is 4.95. The minimum atomic E-state index is -0.439. The van der Waals surface area contributed by atoms with E-state index in [0.717, 1.165) is 30.0 Å². The fourth-order valence-corrected chi connectivity index (χ4v) is 3.03. The molecule has 0 aliphatic heterocycles. The number of hydrogen-bond donors (Lipinski definition) is 1. The fourth-order valence-electron chi connectivity index (χ4n) is 2.08. The number of aliphatic hydroxyl groups is 1. The van der Waals surface area contributed by atoms with E-state index < -0.39 is 6.10 Å². The van der Waals surface area contributed by atoms with Crippen LogP contribution in [-0.2, 0) is 11.8 Å². The number of aryl methyl sites for hydroxylation is 1. The number of aliphatic hydroxyl groups excluding tert-OH is 1. The van der Waals surface area contributed by atoms with E-state index in [1.54, 1.807) is 11.3 Å². The quantitative estimate of drug-likeness (QED) is 0.879.